The number of rotatable bonds is 1. The summed E-state index contributed by atoms with van der Waals surface area (Å²) in [7, 11) is 2.14. The van der Waals surface area contributed by atoms with Crippen molar-refractivity contribution in [3.8, 4) is 28.5 Å². The fourth-order valence-corrected chi connectivity index (χ4v) is 4.70. The lowest BCUT2D eigenvalue weighted by molar-refractivity contribution is 0.107. The van der Waals surface area contributed by atoms with Gasteiger partial charge in [-0.1, -0.05) is 12.1 Å². The Hall–Kier alpha value is -3.56. The van der Waals surface area contributed by atoms with Crippen molar-refractivity contribution in [2.24, 2.45) is 0 Å². The van der Waals surface area contributed by atoms with Gasteiger partial charge < -0.3 is 19.3 Å². The van der Waals surface area contributed by atoms with Crippen LogP contribution in [-0.2, 0) is 11.3 Å². The minimum atomic E-state index is -0.326. The quantitative estimate of drug-likeness (QED) is 0.449. The first-order valence-electron chi connectivity index (χ1n) is 11.9. The first kappa shape index (κ1) is 21.9. The summed E-state index contributed by atoms with van der Waals surface area (Å²) in [5.41, 5.74) is 4.87. The van der Waals surface area contributed by atoms with Crippen LogP contribution in [0.5, 0.6) is 5.88 Å². The molecule has 8 nitrogen and oxygen atoms in total. The highest BCUT2D eigenvalue weighted by Gasteiger charge is 2.22. The maximum atomic E-state index is 15.0. The van der Waals surface area contributed by atoms with Gasteiger partial charge in [-0.05, 0) is 36.9 Å². The Morgan fingerprint density at radius 3 is 2.80 bits per heavy atom. The number of halogens is 1. The van der Waals surface area contributed by atoms with Crippen LogP contribution in [-0.4, -0.2) is 71.5 Å². The van der Waals surface area contributed by atoms with Crippen molar-refractivity contribution in [1.82, 2.24) is 25.1 Å². The molecule has 4 bridgehead atoms. The van der Waals surface area contributed by atoms with Gasteiger partial charge in [0.1, 0.15) is 17.2 Å². The monoisotopic (exact) mass is 474 g/mol. The van der Waals surface area contributed by atoms with Crippen LogP contribution in [0.3, 0.4) is 0 Å². The van der Waals surface area contributed by atoms with Crippen LogP contribution in [0.2, 0.25) is 0 Å². The molecular formula is C26H27FN6O2. The van der Waals surface area contributed by atoms with E-state index in [-0.39, 0.29) is 5.82 Å². The summed E-state index contributed by atoms with van der Waals surface area (Å²) in [6.07, 6.45) is 2.38. The first-order valence-corrected chi connectivity index (χ1v) is 11.9. The number of ether oxygens (including phenoxy) is 2. The lowest BCUT2D eigenvalue weighted by Crippen LogP contribution is -2.44. The molecule has 4 aromatic rings. The number of nitrogens with zero attached hydrogens (tertiary/aromatic N) is 5. The van der Waals surface area contributed by atoms with Crippen LogP contribution in [0.4, 0.5) is 10.1 Å². The minimum absolute atomic E-state index is 0.295. The zero-order valence-corrected chi connectivity index (χ0v) is 19.6. The van der Waals surface area contributed by atoms with Crippen molar-refractivity contribution in [3.63, 3.8) is 0 Å². The van der Waals surface area contributed by atoms with Crippen molar-refractivity contribution in [2.75, 3.05) is 51.3 Å². The Balaban J connectivity index is 1.47. The minimum Gasteiger partial charge on any atom is -0.476 e. The molecule has 0 spiro atoms. The van der Waals surface area contributed by atoms with Crippen molar-refractivity contribution < 1.29 is 13.9 Å². The fraction of sp³-hybridized carbons (Fsp3) is 0.346. The molecule has 3 aromatic heterocycles. The Kier molecular flexibility index (Phi) is 5.79. The van der Waals surface area contributed by atoms with Crippen molar-refractivity contribution in [2.45, 2.75) is 13.0 Å². The van der Waals surface area contributed by atoms with Gasteiger partial charge in [-0.2, -0.15) is 5.10 Å². The third kappa shape index (κ3) is 4.21. The lowest BCUT2D eigenvalue weighted by atomic mass is 10.0. The van der Waals surface area contributed by atoms with Crippen molar-refractivity contribution >= 4 is 16.6 Å². The standard InChI is InChI=1S/C26H27FN6O2/c1-32-8-10-33(11-9-32)23-7-6-20-25-18-14-21(28-15-22(18)30-31-25)24-17(4-2-5-19(24)27)16-34-12-3-13-35-26(23)29-20/h2,4-7,14-15H,3,8-13,16H2,1H3,(H,30,31). The molecule has 9 heteroatoms. The fourth-order valence-electron chi connectivity index (χ4n) is 4.70. The average molecular weight is 475 g/mol. The normalized spacial score (nSPS) is 17.0. The predicted molar refractivity (Wildman–Crippen MR) is 132 cm³/mol. The molecule has 180 valence electrons. The summed E-state index contributed by atoms with van der Waals surface area (Å²) in [5, 5.41) is 8.39. The molecule has 1 N–H and O–H groups in total. The summed E-state index contributed by atoms with van der Waals surface area (Å²) < 4.78 is 27.0. The van der Waals surface area contributed by atoms with E-state index in [4.69, 9.17) is 14.5 Å². The molecule has 2 aliphatic rings. The van der Waals surface area contributed by atoms with Gasteiger partial charge in [0.05, 0.1) is 42.9 Å². The van der Waals surface area contributed by atoms with Crippen LogP contribution in [0, 0.1) is 5.82 Å². The Morgan fingerprint density at radius 2 is 1.91 bits per heavy atom. The van der Waals surface area contributed by atoms with Crippen LogP contribution in [0.25, 0.3) is 33.5 Å². The summed E-state index contributed by atoms with van der Waals surface area (Å²) in [5.74, 6) is 0.272. The van der Waals surface area contributed by atoms with E-state index in [9.17, 15) is 4.39 Å². The molecule has 0 saturated carbocycles. The zero-order chi connectivity index (χ0) is 23.8. The Morgan fingerprint density at radius 1 is 1.03 bits per heavy atom. The number of hydrogen-bond donors (Lipinski definition) is 1. The predicted octanol–water partition coefficient (Wildman–Crippen LogP) is 3.88. The van der Waals surface area contributed by atoms with E-state index in [0.717, 1.165) is 48.3 Å². The molecule has 6 rings (SSSR count). The number of pyridine rings is 2. The number of aromatic amines is 1. The first-order chi connectivity index (χ1) is 17.2. The van der Waals surface area contributed by atoms with Gasteiger partial charge in [-0.15, -0.1) is 0 Å². The highest BCUT2D eigenvalue weighted by atomic mass is 19.1. The number of benzene rings is 1. The molecule has 2 aliphatic heterocycles. The molecule has 1 saturated heterocycles. The van der Waals surface area contributed by atoms with E-state index in [1.807, 2.05) is 18.2 Å². The molecule has 5 heterocycles. The highest BCUT2D eigenvalue weighted by molar-refractivity contribution is 5.94. The van der Waals surface area contributed by atoms with Gasteiger partial charge in [0.15, 0.2) is 0 Å². The smallest absolute Gasteiger partial charge is 0.238 e. The number of piperazine rings is 1. The lowest BCUT2D eigenvalue weighted by Gasteiger charge is -2.34. The van der Waals surface area contributed by atoms with Crippen LogP contribution < -0.4 is 9.64 Å². The number of H-pyrrole nitrogens is 1. The van der Waals surface area contributed by atoms with Crippen molar-refractivity contribution in [1.29, 1.82) is 0 Å². The number of anilines is 1. The Bertz CT molecular complexity index is 1370. The molecule has 0 amide bonds. The SMILES string of the molecule is CN1CCN(c2ccc3nc2OCCCOCc2cccc(F)c2-c2cc4c-3n[nH]c4cn2)CC1. The third-order valence-corrected chi connectivity index (χ3v) is 6.66. The second kappa shape index (κ2) is 9.24. The van der Waals surface area contributed by atoms with E-state index in [1.54, 1.807) is 12.3 Å². The topological polar surface area (TPSA) is 79.4 Å². The largest absolute Gasteiger partial charge is 0.476 e. The third-order valence-electron chi connectivity index (χ3n) is 6.66. The maximum Gasteiger partial charge on any atom is 0.238 e. The second-order valence-corrected chi connectivity index (χ2v) is 9.03. The van der Waals surface area contributed by atoms with E-state index in [1.165, 1.54) is 6.07 Å². The number of hydrogen-bond acceptors (Lipinski definition) is 7. The average Bonchev–Trinajstić information content (AvgIpc) is 3.29. The van der Waals surface area contributed by atoms with Crippen LogP contribution in [0.1, 0.15) is 12.0 Å². The van der Waals surface area contributed by atoms with Gasteiger partial charge in [0.2, 0.25) is 5.88 Å². The van der Waals surface area contributed by atoms with Crippen LogP contribution in [0.15, 0.2) is 42.6 Å². The van der Waals surface area contributed by atoms with Crippen molar-refractivity contribution in [3.05, 3.63) is 54.0 Å². The summed E-state index contributed by atoms with van der Waals surface area (Å²) in [4.78, 5) is 14.1. The summed E-state index contributed by atoms with van der Waals surface area (Å²) in [6, 6.07) is 10.9. The van der Waals surface area contributed by atoms with Gasteiger partial charge >= 0.3 is 0 Å². The van der Waals surface area contributed by atoms with Gasteiger partial charge in [-0.25, -0.2) is 9.37 Å². The molecular weight excluding hydrogens is 447 g/mol. The molecule has 35 heavy (non-hydrogen) atoms. The molecule has 1 fully saturated rings. The molecule has 0 radical (unpaired) electrons. The van der Waals surface area contributed by atoms with Crippen LogP contribution >= 0.6 is 0 Å². The highest BCUT2D eigenvalue weighted by Crippen LogP contribution is 2.35. The van der Waals surface area contributed by atoms with Gasteiger partial charge in [0.25, 0.3) is 0 Å². The number of nitrogens with one attached hydrogen (secondary N) is 1. The Labute approximate surface area is 202 Å². The van der Waals surface area contributed by atoms with E-state index < -0.39 is 0 Å². The summed E-state index contributed by atoms with van der Waals surface area (Å²) in [6.45, 7) is 5.08. The van der Waals surface area contributed by atoms with Gasteiger partial charge in [-0.3, -0.25) is 10.1 Å². The second-order valence-electron chi connectivity index (χ2n) is 9.03. The molecule has 0 atom stereocenters. The summed E-state index contributed by atoms with van der Waals surface area (Å²) >= 11 is 0. The number of fused-ring (bicyclic) bond motifs is 6. The number of likely N-dealkylation sites (N-methyl/N-ethyl adjacent to an activating group) is 1. The van der Waals surface area contributed by atoms with E-state index >= 15 is 0 Å². The van der Waals surface area contributed by atoms with E-state index in [2.05, 4.69) is 38.1 Å². The molecule has 1 aromatic carbocycles. The maximum absolute atomic E-state index is 15.0. The zero-order valence-electron chi connectivity index (χ0n) is 19.6. The van der Waals surface area contributed by atoms with Gasteiger partial charge in [0, 0.05) is 43.5 Å². The molecule has 0 aliphatic carbocycles. The molecule has 0 unspecified atom stereocenters. The number of aromatic nitrogens is 4. The van der Waals surface area contributed by atoms with E-state index in [0.29, 0.717) is 54.8 Å².